The van der Waals surface area contributed by atoms with Crippen LogP contribution in [0.1, 0.15) is 72.1 Å². The summed E-state index contributed by atoms with van der Waals surface area (Å²) in [6.07, 6.45) is 19.7. The van der Waals surface area contributed by atoms with E-state index in [1.165, 1.54) is 81.3 Å². The first-order valence-electron chi connectivity index (χ1n) is 13.2. The minimum Gasteiger partial charge on any atom is -0.301 e. The number of hydrogen-bond donors (Lipinski definition) is 0. The third-order valence-electron chi connectivity index (χ3n) is 8.44. The molecule has 0 unspecified atom stereocenters. The summed E-state index contributed by atoms with van der Waals surface area (Å²) in [7, 11) is 1.86. The fourth-order valence-corrected chi connectivity index (χ4v) is 5.59. The summed E-state index contributed by atoms with van der Waals surface area (Å²) in [4.78, 5) is 14.9. The highest BCUT2D eigenvalue weighted by Gasteiger charge is 2.33. The van der Waals surface area contributed by atoms with Gasteiger partial charge in [-0.3, -0.25) is 4.99 Å². The van der Waals surface area contributed by atoms with Crippen LogP contribution in [0.4, 0.5) is 0 Å². The molecule has 4 heteroatoms. The van der Waals surface area contributed by atoms with Crippen LogP contribution < -0.4 is 0 Å². The average Bonchev–Trinajstić information content (AvgIpc) is 2.75. The van der Waals surface area contributed by atoms with Crippen LogP contribution in [-0.4, -0.2) is 47.5 Å². The summed E-state index contributed by atoms with van der Waals surface area (Å²) in [6, 6.07) is 0.870. The highest BCUT2D eigenvalue weighted by molar-refractivity contribution is 6.13. The number of hydrogen-bond acceptors (Lipinski definition) is 4. The van der Waals surface area contributed by atoms with Gasteiger partial charge in [-0.05, 0) is 119 Å². The van der Waals surface area contributed by atoms with E-state index in [1.54, 1.807) is 5.57 Å². The first-order chi connectivity index (χ1) is 16.4. The molecule has 2 saturated carbocycles. The average molecular weight is 457 g/mol. The van der Waals surface area contributed by atoms with Gasteiger partial charge >= 0.3 is 0 Å². The van der Waals surface area contributed by atoms with Gasteiger partial charge in [-0.25, -0.2) is 4.99 Å². The summed E-state index contributed by atoms with van der Waals surface area (Å²) in [5, 5.41) is 0. The highest BCUT2D eigenvalue weighted by Crippen LogP contribution is 2.39. The van der Waals surface area contributed by atoms with Gasteiger partial charge in [-0.15, -0.1) is 0 Å². The maximum absolute atomic E-state index is 5.14. The van der Waals surface area contributed by atoms with E-state index in [1.807, 2.05) is 14.0 Å². The summed E-state index contributed by atoms with van der Waals surface area (Å²) < 4.78 is 0. The van der Waals surface area contributed by atoms with Crippen LogP contribution in [0, 0.1) is 5.92 Å². The monoisotopic (exact) mass is 456 g/mol. The van der Waals surface area contributed by atoms with Crippen LogP contribution in [-0.2, 0) is 0 Å². The van der Waals surface area contributed by atoms with Gasteiger partial charge in [0.25, 0.3) is 0 Å². The predicted octanol–water partition coefficient (Wildman–Crippen LogP) is 6.72. The summed E-state index contributed by atoms with van der Waals surface area (Å²) >= 11 is 0. The maximum Gasteiger partial charge on any atom is 0.140 e. The van der Waals surface area contributed by atoms with Gasteiger partial charge in [0, 0.05) is 25.0 Å². The molecule has 0 N–H and O–H groups in total. The Morgan fingerprint density at radius 2 is 1.82 bits per heavy atom. The molecule has 1 saturated heterocycles. The second-order valence-corrected chi connectivity index (χ2v) is 10.7. The van der Waals surface area contributed by atoms with E-state index in [4.69, 9.17) is 4.99 Å². The van der Waals surface area contributed by atoms with E-state index in [2.05, 4.69) is 59.6 Å². The SMILES string of the molecule is C=C(C)/C(C)=C/C(=NC)C1=CC(=C2CCC2)N2C=C(C3CCN(C4CCC4)CC3)C=C(C)C2=N1. The molecule has 3 heterocycles. The molecule has 0 atom stereocenters. The van der Waals surface area contributed by atoms with E-state index in [0.29, 0.717) is 5.92 Å². The second-order valence-electron chi connectivity index (χ2n) is 10.7. The second kappa shape index (κ2) is 9.65. The van der Waals surface area contributed by atoms with Gasteiger partial charge in [0.2, 0.25) is 0 Å². The van der Waals surface area contributed by atoms with Crippen LogP contribution in [0.2, 0.25) is 0 Å². The van der Waals surface area contributed by atoms with Crippen molar-refractivity contribution in [2.45, 2.75) is 78.2 Å². The lowest BCUT2D eigenvalue weighted by Crippen LogP contribution is -2.45. The molecular weight excluding hydrogens is 416 g/mol. The number of piperidine rings is 1. The first kappa shape index (κ1) is 23.3. The summed E-state index contributed by atoms with van der Waals surface area (Å²) in [6.45, 7) is 13.0. The van der Waals surface area contributed by atoms with Crippen LogP contribution >= 0.6 is 0 Å². The Labute approximate surface area is 205 Å². The van der Waals surface area contributed by atoms with Crippen molar-refractivity contribution in [2.24, 2.45) is 15.9 Å². The zero-order valence-corrected chi connectivity index (χ0v) is 21.5. The van der Waals surface area contributed by atoms with Gasteiger partial charge in [0.05, 0.1) is 11.4 Å². The lowest BCUT2D eigenvalue weighted by Gasteiger charge is -2.43. The summed E-state index contributed by atoms with van der Waals surface area (Å²) in [5.41, 5.74) is 9.72. The number of fused-ring (bicyclic) bond motifs is 1. The van der Waals surface area contributed by atoms with Crippen molar-refractivity contribution in [3.63, 3.8) is 0 Å². The van der Waals surface area contributed by atoms with Crippen LogP contribution in [0.5, 0.6) is 0 Å². The minimum atomic E-state index is 0.653. The van der Waals surface area contributed by atoms with Gasteiger partial charge in [0.1, 0.15) is 5.84 Å². The number of amidine groups is 1. The molecule has 3 aliphatic heterocycles. The smallest absolute Gasteiger partial charge is 0.140 e. The molecule has 34 heavy (non-hydrogen) atoms. The van der Waals surface area contributed by atoms with Gasteiger partial charge in [-0.1, -0.05) is 24.6 Å². The van der Waals surface area contributed by atoms with Crippen molar-refractivity contribution in [3.8, 4) is 0 Å². The first-order valence-corrected chi connectivity index (χ1v) is 13.2. The molecule has 5 rings (SSSR count). The maximum atomic E-state index is 5.14. The number of aliphatic imine (C=N–C) groups is 2. The molecule has 180 valence electrons. The number of allylic oxidation sites excluding steroid dienone is 7. The van der Waals surface area contributed by atoms with Crippen LogP contribution in [0.3, 0.4) is 0 Å². The Morgan fingerprint density at radius 1 is 1.09 bits per heavy atom. The van der Waals surface area contributed by atoms with Crippen molar-refractivity contribution in [2.75, 3.05) is 20.1 Å². The molecule has 0 aromatic heterocycles. The zero-order valence-electron chi connectivity index (χ0n) is 21.5. The Hall–Kier alpha value is -2.46. The molecule has 2 aliphatic carbocycles. The molecule has 0 radical (unpaired) electrons. The third-order valence-corrected chi connectivity index (χ3v) is 8.44. The lowest BCUT2D eigenvalue weighted by molar-refractivity contribution is 0.0915. The van der Waals surface area contributed by atoms with Crippen LogP contribution in [0.15, 0.2) is 80.3 Å². The molecule has 3 fully saturated rings. The molecule has 5 aliphatic rings. The fourth-order valence-electron chi connectivity index (χ4n) is 5.59. The highest BCUT2D eigenvalue weighted by atomic mass is 15.2. The Kier molecular flexibility index (Phi) is 6.61. The Morgan fingerprint density at radius 3 is 2.38 bits per heavy atom. The van der Waals surface area contributed by atoms with Crippen molar-refractivity contribution in [3.05, 3.63) is 70.3 Å². The third kappa shape index (κ3) is 4.45. The predicted molar refractivity (Wildman–Crippen MR) is 144 cm³/mol. The van der Waals surface area contributed by atoms with Crippen molar-refractivity contribution < 1.29 is 0 Å². The molecule has 0 bridgehead atoms. The molecule has 0 amide bonds. The summed E-state index contributed by atoms with van der Waals surface area (Å²) in [5.74, 6) is 1.71. The van der Waals surface area contributed by atoms with E-state index in [9.17, 15) is 0 Å². The van der Waals surface area contributed by atoms with Crippen molar-refractivity contribution in [1.82, 2.24) is 9.80 Å². The van der Waals surface area contributed by atoms with E-state index >= 15 is 0 Å². The van der Waals surface area contributed by atoms with Crippen LogP contribution in [0.25, 0.3) is 0 Å². The molecule has 0 aromatic rings. The zero-order chi connectivity index (χ0) is 23.8. The van der Waals surface area contributed by atoms with Crippen molar-refractivity contribution in [1.29, 1.82) is 0 Å². The fraction of sp³-hybridized carbons (Fsp3) is 0.533. The topological polar surface area (TPSA) is 31.2 Å². The van der Waals surface area contributed by atoms with E-state index in [-0.39, 0.29) is 0 Å². The van der Waals surface area contributed by atoms with Gasteiger partial charge < -0.3 is 9.80 Å². The molecule has 0 aromatic carbocycles. The van der Waals surface area contributed by atoms with E-state index in [0.717, 1.165) is 34.4 Å². The van der Waals surface area contributed by atoms with E-state index < -0.39 is 0 Å². The Bertz CT molecular complexity index is 1070. The number of rotatable bonds is 5. The molecule has 4 nitrogen and oxygen atoms in total. The van der Waals surface area contributed by atoms with Gasteiger partial charge in [0.15, 0.2) is 0 Å². The largest absolute Gasteiger partial charge is 0.301 e. The standard InChI is InChI=1S/C30H40N4/c1-20(2)21(3)17-27(31-5)28-18-29(24-8-6-9-24)34-19-25(16-22(4)30(34)32-28)23-12-14-33(15-13-23)26-10-7-11-26/h16-19,23,26H,1,6-15H2,2-5H3/b21-17+,31-27?. The number of nitrogens with zero attached hydrogens (tertiary/aromatic N) is 4. The van der Waals surface area contributed by atoms with Gasteiger partial charge in [-0.2, -0.15) is 0 Å². The Balaban J connectivity index is 1.43. The van der Waals surface area contributed by atoms with Crippen molar-refractivity contribution >= 4 is 11.5 Å². The lowest BCUT2D eigenvalue weighted by atomic mass is 9.83. The number of likely N-dealkylation sites (tertiary alicyclic amines) is 1. The normalized spacial score (nSPS) is 25.1. The molecular formula is C30H40N4. The molecule has 0 spiro atoms. The minimum absolute atomic E-state index is 0.653. The quantitative estimate of drug-likeness (QED) is 0.339.